The van der Waals surface area contributed by atoms with Crippen molar-refractivity contribution in [1.82, 2.24) is 10.2 Å². The van der Waals surface area contributed by atoms with Crippen LogP contribution >= 0.6 is 0 Å². The van der Waals surface area contributed by atoms with Gasteiger partial charge in [-0.1, -0.05) is 0 Å². The molecule has 1 amide bonds. The van der Waals surface area contributed by atoms with Crippen LogP contribution in [0.2, 0.25) is 0 Å². The summed E-state index contributed by atoms with van der Waals surface area (Å²) in [5.41, 5.74) is -1.25. The van der Waals surface area contributed by atoms with Crippen molar-refractivity contribution in [2.45, 2.75) is 38.8 Å². The minimum absolute atomic E-state index is 0.508. The van der Waals surface area contributed by atoms with Crippen molar-refractivity contribution in [2.75, 3.05) is 19.5 Å². The summed E-state index contributed by atoms with van der Waals surface area (Å²) in [6, 6.07) is -3.75. The van der Waals surface area contributed by atoms with E-state index >= 15 is 0 Å². The van der Waals surface area contributed by atoms with Gasteiger partial charge in [0, 0.05) is 25.0 Å². The van der Waals surface area contributed by atoms with Crippen LogP contribution < -0.4 is 5.32 Å². The third kappa shape index (κ3) is 3.59. The molecule has 0 aromatic carbocycles. The lowest BCUT2D eigenvalue weighted by Gasteiger charge is -2.36. The SMILES string of the molecule is [2H]C1([2H])NC([2H])([2H])C([2H])(C(F)F)N(C(=O)OC(C)(C)C)C1([2H])[2H]. The van der Waals surface area contributed by atoms with Crippen LogP contribution in [0.25, 0.3) is 0 Å². The van der Waals surface area contributed by atoms with Crippen molar-refractivity contribution in [1.29, 1.82) is 0 Å². The normalized spacial score (nSPS) is 42.9. The molecule has 1 N–H and O–H groups in total. The Morgan fingerprint density at radius 3 is 2.81 bits per heavy atom. The van der Waals surface area contributed by atoms with E-state index in [2.05, 4.69) is 0 Å². The van der Waals surface area contributed by atoms with Crippen molar-refractivity contribution >= 4 is 6.09 Å². The van der Waals surface area contributed by atoms with Gasteiger partial charge in [0.25, 0.3) is 6.43 Å². The van der Waals surface area contributed by atoms with Crippen LogP contribution in [0.15, 0.2) is 0 Å². The van der Waals surface area contributed by atoms with E-state index in [4.69, 9.17) is 14.3 Å². The Kier molecular flexibility index (Phi) is 1.90. The standard InChI is InChI=1S/C10H18F2N2O2/c1-10(2,3)16-9(15)14-5-4-13-6-7(14)8(11)12/h7-8,13H,4-6H2,1-3H3/i4D2,5D2,6D2,7D. The zero-order valence-corrected chi connectivity index (χ0v) is 9.10. The quantitative estimate of drug-likeness (QED) is 0.758. The van der Waals surface area contributed by atoms with Crippen molar-refractivity contribution in [3.8, 4) is 0 Å². The van der Waals surface area contributed by atoms with Gasteiger partial charge >= 0.3 is 6.09 Å². The molecule has 0 bridgehead atoms. The van der Waals surface area contributed by atoms with Crippen LogP contribution in [-0.2, 0) is 4.74 Å². The first-order chi connectivity index (χ1) is 9.90. The number of hydrogen-bond acceptors (Lipinski definition) is 3. The number of alkyl halides is 2. The van der Waals surface area contributed by atoms with E-state index in [0.717, 1.165) is 0 Å². The molecule has 0 saturated carbocycles. The second-order valence-corrected chi connectivity index (χ2v) is 3.99. The van der Waals surface area contributed by atoms with E-state index in [1.807, 2.05) is 0 Å². The van der Waals surface area contributed by atoms with Gasteiger partial charge in [-0.05, 0) is 20.8 Å². The number of piperazine rings is 1. The molecule has 0 spiro atoms. The maximum atomic E-state index is 13.4. The van der Waals surface area contributed by atoms with Crippen LogP contribution in [0.5, 0.6) is 0 Å². The average molecular weight is 243 g/mol. The summed E-state index contributed by atoms with van der Waals surface area (Å²) in [4.78, 5) is 11.7. The topological polar surface area (TPSA) is 41.6 Å². The molecule has 0 aliphatic carbocycles. The fourth-order valence-electron chi connectivity index (χ4n) is 0.899. The van der Waals surface area contributed by atoms with Gasteiger partial charge < -0.3 is 10.1 Å². The molecule has 1 heterocycles. The highest BCUT2D eigenvalue weighted by atomic mass is 19.3. The highest BCUT2D eigenvalue weighted by Crippen LogP contribution is 2.16. The largest absolute Gasteiger partial charge is 0.444 e. The van der Waals surface area contributed by atoms with E-state index in [1.54, 1.807) is 0 Å². The summed E-state index contributed by atoms with van der Waals surface area (Å²) in [6.07, 6.45) is -5.60. The van der Waals surface area contributed by atoms with Gasteiger partial charge in [-0.25, -0.2) is 13.6 Å². The monoisotopic (exact) mass is 243 g/mol. The minimum atomic E-state index is -3.84. The lowest BCUT2D eigenvalue weighted by Crippen LogP contribution is -2.57. The second kappa shape index (κ2) is 4.95. The second-order valence-electron chi connectivity index (χ2n) is 3.99. The molecule has 1 unspecified atom stereocenters. The Morgan fingerprint density at radius 1 is 1.69 bits per heavy atom. The van der Waals surface area contributed by atoms with Crippen LogP contribution in [0.3, 0.4) is 0 Å². The highest BCUT2D eigenvalue weighted by molar-refractivity contribution is 5.68. The first-order valence-corrected chi connectivity index (χ1v) is 4.51. The Bertz CT molecular complexity index is 498. The molecule has 1 rings (SSSR count). The first kappa shape index (κ1) is 6.14. The molecule has 4 nitrogen and oxygen atoms in total. The number of amides is 1. The zero-order valence-electron chi connectivity index (χ0n) is 16.1. The van der Waals surface area contributed by atoms with E-state index in [-0.39, 0.29) is 0 Å². The number of ether oxygens (including phenoxy) is 1. The molecular formula is C10H18F2N2O2. The van der Waals surface area contributed by atoms with Gasteiger partial charge in [-0.2, -0.15) is 0 Å². The van der Waals surface area contributed by atoms with Crippen molar-refractivity contribution in [3.63, 3.8) is 0 Å². The van der Waals surface area contributed by atoms with Crippen LogP contribution in [0.1, 0.15) is 30.4 Å². The average Bonchev–Trinajstić information content (AvgIpc) is 2.21. The number of hydrogen-bond donors (Lipinski definition) is 1. The molecule has 1 fully saturated rings. The molecule has 0 aromatic rings. The third-order valence-electron chi connectivity index (χ3n) is 1.44. The fraction of sp³-hybridized carbons (Fsp3) is 0.900. The van der Waals surface area contributed by atoms with Crippen LogP contribution in [0, 0.1) is 0 Å². The molecule has 1 saturated heterocycles. The van der Waals surface area contributed by atoms with E-state index in [9.17, 15) is 13.6 Å². The first-order valence-electron chi connectivity index (χ1n) is 8.01. The summed E-state index contributed by atoms with van der Waals surface area (Å²) in [6.45, 7) is -6.08. The maximum absolute atomic E-state index is 13.4. The Hall–Kier alpha value is -0.910. The van der Waals surface area contributed by atoms with Crippen molar-refractivity contribution in [3.05, 3.63) is 0 Å². The molecule has 1 aliphatic heterocycles. The number of carbonyl (C=O) groups excluding carboxylic acids is 1. The molecule has 6 heteroatoms. The summed E-state index contributed by atoms with van der Waals surface area (Å²) < 4.78 is 84.8. The molecular weight excluding hydrogens is 218 g/mol. The van der Waals surface area contributed by atoms with Gasteiger partial charge in [-0.15, -0.1) is 0 Å². The number of nitrogens with zero attached hydrogens (tertiary/aromatic N) is 1. The Morgan fingerprint density at radius 2 is 2.31 bits per heavy atom. The van der Waals surface area contributed by atoms with Gasteiger partial charge in [-0.3, -0.25) is 4.90 Å². The molecule has 16 heavy (non-hydrogen) atoms. The van der Waals surface area contributed by atoms with E-state index in [1.165, 1.54) is 26.1 Å². The lowest BCUT2D eigenvalue weighted by molar-refractivity contribution is -0.0214. The molecule has 1 atom stereocenters. The van der Waals surface area contributed by atoms with Gasteiger partial charge in [0.05, 0.1) is 4.11 Å². The Labute approximate surface area is 104 Å². The zero-order chi connectivity index (χ0) is 18.6. The lowest BCUT2D eigenvalue weighted by atomic mass is 10.2. The van der Waals surface area contributed by atoms with Crippen molar-refractivity contribution < 1.29 is 27.9 Å². The van der Waals surface area contributed by atoms with E-state index in [0.29, 0.717) is 0 Å². The maximum Gasteiger partial charge on any atom is 0.410 e. The summed E-state index contributed by atoms with van der Waals surface area (Å²) in [7, 11) is 0. The molecule has 1 aliphatic rings. The predicted molar refractivity (Wildman–Crippen MR) is 55.6 cm³/mol. The third-order valence-corrected chi connectivity index (χ3v) is 1.44. The smallest absolute Gasteiger partial charge is 0.410 e. The van der Waals surface area contributed by atoms with Crippen molar-refractivity contribution in [2.24, 2.45) is 0 Å². The van der Waals surface area contributed by atoms with Gasteiger partial charge in [0.2, 0.25) is 0 Å². The highest BCUT2D eigenvalue weighted by Gasteiger charge is 2.35. The number of nitrogens with one attached hydrogen (secondary N) is 1. The van der Waals surface area contributed by atoms with E-state index < -0.39 is 48.5 Å². The molecule has 94 valence electrons. The Balaban J connectivity index is 3.55. The molecule has 0 aromatic heterocycles. The van der Waals surface area contributed by atoms with Crippen LogP contribution in [0.4, 0.5) is 13.6 Å². The minimum Gasteiger partial charge on any atom is -0.444 e. The summed E-state index contributed by atoms with van der Waals surface area (Å²) >= 11 is 0. The van der Waals surface area contributed by atoms with Gasteiger partial charge in [0.1, 0.15) is 11.6 Å². The van der Waals surface area contributed by atoms with Crippen LogP contribution in [-0.4, -0.2) is 48.5 Å². The molecule has 0 radical (unpaired) electrons. The summed E-state index contributed by atoms with van der Waals surface area (Å²) in [5, 5.41) is 1.42. The number of carbonyl (C=O) groups is 1. The number of halogens is 2. The summed E-state index contributed by atoms with van der Waals surface area (Å²) in [5.74, 6) is 0. The van der Waals surface area contributed by atoms with Gasteiger partial charge in [0.15, 0.2) is 0 Å². The predicted octanol–water partition coefficient (Wildman–Crippen LogP) is 1.46. The fourth-order valence-corrected chi connectivity index (χ4v) is 0.899. The number of rotatable bonds is 1.